The predicted octanol–water partition coefficient (Wildman–Crippen LogP) is 2.38. The van der Waals surface area contributed by atoms with E-state index < -0.39 is 0 Å². The number of nitrogens with one attached hydrogen (secondary N) is 1. The molecule has 1 aromatic carbocycles. The van der Waals surface area contributed by atoms with Crippen LogP contribution >= 0.6 is 12.4 Å². The summed E-state index contributed by atoms with van der Waals surface area (Å²) < 4.78 is 10.6. The Morgan fingerprint density at radius 3 is 2.81 bits per heavy atom. The lowest BCUT2D eigenvalue weighted by Crippen LogP contribution is -2.27. The Kier molecular flexibility index (Phi) is 4.90. The van der Waals surface area contributed by atoms with Crippen molar-refractivity contribution in [1.29, 1.82) is 0 Å². The lowest BCUT2D eigenvalue weighted by molar-refractivity contribution is 0.174. The Morgan fingerprint density at radius 1 is 1.31 bits per heavy atom. The summed E-state index contributed by atoms with van der Waals surface area (Å²) in [7, 11) is 0. The van der Waals surface area contributed by atoms with Crippen molar-refractivity contribution in [3.63, 3.8) is 0 Å². The van der Waals surface area contributed by atoms with Gasteiger partial charge >= 0.3 is 0 Å². The summed E-state index contributed by atoms with van der Waals surface area (Å²) in [5, 5.41) is 3.39. The molecule has 16 heavy (non-hydrogen) atoms. The molecule has 1 heterocycles. The maximum absolute atomic E-state index is 5.34. The average Bonchev–Trinajstić information content (AvgIpc) is 2.65. The predicted molar refractivity (Wildman–Crippen MR) is 66.7 cm³/mol. The quantitative estimate of drug-likeness (QED) is 0.881. The van der Waals surface area contributed by atoms with E-state index in [0.717, 1.165) is 24.5 Å². The summed E-state index contributed by atoms with van der Waals surface area (Å²) in [6.45, 7) is 5.66. The fourth-order valence-electron chi connectivity index (χ4n) is 1.84. The van der Waals surface area contributed by atoms with Gasteiger partial charge in [-0.3, -0.25) is 0 Å². The van der Waals surface area contributed by atoms with E-state index in [4.69, 9.17) is 9.47 Å². The van der Waals surface area contributed by atoms with Crippen LogP contribution in [0.2, 0.25) is 0 Å². The first-order chi connectivity index (χ1) is 7.29. The summed E-state index contributed by atoms with van der Waals surface area (Å²) in [6.07, 6.45) is 1.02. The highest BCUT2D eigenvalue weighted by Crippen LogP contribution is 2.32. The van der Waals surface area contributed by atoms with Crippen molar-refractivity contribution in [3.05, 3.63) is 23.8 Å². The van der Waals surface area contributed by atoms with Crippen LogP contribution in [0, 0.1) is 0 Å². The molecule has 0 saturated carbocycles. The number of halogens is 1. The van der Waals surface area contributed by atoms with Crippen LogP contribution in [-0.4, -0.2) is 19.4 Å². The Balaban J connectivity index is 0.00000128. The maximum atomic E-state index is 5.34. The fourth-order valence-corrected chi connectivity index (χ4v) is 1.84. The van der Waals surface area contributed by atoms with Crippen molar-refractivity contribution in [2.24, 2.45) is 0 Å². The molecule has 1 aliphatic rings. The van der Waals surface area contributed by atoms with Gasteiger partial charge < -0.3 is 14.8 Å². The van der Waals surface area contributed by atoms with E-state index in [1.165, 1.54) is 5.56 Å². The first-order valence-corrected chi connectivity index (χ1v) is 5.41. The molecule has 0 fully saturated rings. The molecule has 90 valence electrons. The van der Waals surface area contributed by atoms with E-state index >= 15 is 0 Å². The summed E-state index contributed by atoms with van der Waals surface area (Å²) >= 11 is 0. The normalized spacial score (nSPS) is 14.4. The average molecular weight is 244 g/mol. The third-order valence-corrected chi connectivity index (χ3v) is 2.53. The minimum atomic E-state index is 0. The molecule has 4 heteroatoms. The SMILES string of the molecule is CCN[C@@H](C)Cc1ccc2c(c1)OCO2.Cl. The van der Waals surface area contributed by atoms with Crippen molar-refractivity contribution in [3.8, 4) is 11.5 Å². The Bertz CT molecular complexity index is 344. The van der Waals surface area contributed by atoms with Gasteiger partial charge in [0.2, 0.25) is 6.79 Å². The summed E-state index contributed by atoms with van der Waals surface area (Å²) in [5.41, 5.74) is 1.28. The van der Waals surface area contributed by atoms with Gasteiger partial charge in [-0.25, -0.2) is 0 Å². The summed E-state index contributed by atoms with van der Waals surface area (Å²) in [6, 6.07) is 6.64. The molecular formula is C12H18ClNO2. The van der Waals surface area contributed by atoms with Crippen molar-refractivity contribution in [2.45, 2.75) is 26.3 Å². The molecule has 0 radical (unpaired) electrons. The van der Waals surface area contributed by atoms with E-state index in [9.17, 15) is 0 Å². The first-order valence-electron chi connectivity index (χ1n) is 5.41. The van der Waals surface area contributed by atoms with Crippen LogP contribution in [0.5, 0.6) is 11.5 Å². The minimum Gasteiger partial charge on any atom is -0.454 e. The largest absolute Gasteiger partial charge is 0.454 e. The first kappa shape index (κ1) is 13.1. The number of benzene rings is 1. The van der Waals surface area contributed by atoms with Crippen molar-refractivity contribution in [1.82, 2.24) is 5.32 Å². The molecule has 1 aromatic rings. The number of ether oxygens (including phenoxy) is 2. The highest BCUT2D eigenvalue weighted by Gasteiger charge is 2.13. The molecule has 0 amide bonds. The van der Waals surface area contributed by atoms with Crippen LogP contribution in [0.4, 0.5) is 0 Å². The van der Waals surface area contributed by atoms with Gasteiger partial charge in [-0.1, -0.05) is 13.0 Å². The molecule has 1 atom stereocenters. The Hall–Kier alpha value is -0.930. The highest BCUT2D eigenvalue weighted by atomic mass is 35.5. The molecule has 0 spiro atoms. The minimum absolute atomic E-state index is 0. The molecule has 0 saturated heterocycles. The third kappa shape index (κ3) is 3.03. The van der Waals surface area contributed by atoms with Gasteiger partial charge in [0.25, 0.3) is 0 Å². The Morgan fingerprint density at radius 2 is 2.06 bits per heavy atom. The van der Waals surface area contributed by atoms with E-state index in [-0.39, 0.29) is 12.4 Å². The van der Waals surface area contributed by atoms with Gasteiger partial charge in [0.1, 0.15) is 0 Å². The smallest absolute Gasteiger partial charge is 0.231 e. The van der Waals surface area contributed by atoms with Gasteiger partial charge in [0, 0.05) is 6.04 Å². The molecule has 0 bridgehead atoms. The molecule has 0 aromatic heterocycles. The Labute approximate surface area is 103 Å². The molecule has 1 N–H and O–H groups in total. The van der Waals surface area contributed by atoms with Gasteiger partial charge in [0.05, 0.1) is 0 Å². The number of fused-ring (bicyclic) bond motifs is 1. The van der Waals surface area contributed by atoms with Crippen LogP contribution in [0.1, 0.15) is 19.4 Å². The third-order valence-electron chi connectivity index (χ3n) is 2.53. The van der Waals surface area contributed by atoms with Crippen molar-refractivity contribution in [2.75, 3.05) is 13.3 Å². The van der Waals surface area contributed by atoms with Gasteiger partial charge in [-0.15, -0.1) is 12.4 Å². The van der Waals surface area contributed by atoms with E-state index in [0.29, 0.717) is 12.8 Å². The second kappa shape index (κ2) is 5.97. The topological polar surface area (TPSA) is 30.5 Å². The molecule has 3 nitrogen and oxygen atoms in total. The summed E-state index contributed by atoms with van der Waals surface area (Å²) in [5.74, 6) is 1.73. The lowest BCUT2D eigenvalue weighted by Gasteiger charge is -2.12. The van der Waals surface area contributed by atoms with Gasteiger partial charge in [-0.2, -0.15) is 0 Å². The van der Waals surface area contributed by atoms with E-state index in [1.807, 2.05) is 6.07 Å². The standard InChI is InChI=1S/C12H17NO2.ClH/c1-3-13-9(2)6-10-4-5-11-12(7-10)15-8-14-11;/h4-5,7,9,13H,3,6,8H2,1-2H3;1H/t9-;/m0./s1. The lowest BCUT2D eigenvalue weighted by atomic mass is 10.1. The molecule has 0 unspecified atom stereocenters. The van der Waals surface area contributed by atoms with Gasteiger partial charge in [0.15, 0.2) is 11.5 Å². The van der Waals surface area contributed by atoms with E-state index in [2.05, 4.69) is 31.3 Å². The molecule has 2 rings (SSSR count). The number of rotatable bonds is 4. The molecule has 0 aliphatic carbocycles. The zero-order valence-corrected chi connectivity index (χ0v) is 10.5. The van der Waals surface area contributed by atoms with Crippen LogP contribution in [0.3, 0.4) is 0 Å². The summed E-state index contributed by atoms with van der Waals surface area (Å²) in [4.78, 5) is 0. The van der Waals surface area contributed by atoms with Gasteiger partial charge in [-0.05, 0) is 37.6 Å². The van der Waals surface area contributed by atoms with Crippen LogP contribution in [0.25, 0.3) is 0 Å². The number of hydrogen-bond donors (Lipinski definition) is 1. The second-order valence-electron chi connectivity index (χ2n) is 3.85. The van der Waals surface area contributed by atoms with Crippen molar-refractivity contribution >= 4 is 12.4 Å². The zero-order valence-electron chi connectivity index (χ0n) is 9.66. The molecule has 1 aliphatic heterocycles. The second-order valence-corrected chi connectivity index (χ2v) is 3.85. The van der Waals surface area contributed by atoms with Crippen molar-refractivity contribution < 1.29 is 9.47 Å². The molecular weight excluding hydrogens is 226 g/mol. The monoisotopic (exact) mass is 243 g/mol. The van der Waals surface area contributed by atoms with Crippen LogP contribution in [0.15, 0.2) is 18.2 Å². The maximum Gasteiger partial charge on any atom is 0.231 e. The van der Waals surface area contributed by atoms with Crippen LogP contribution in [-0.2, 0) is 6.42 Å². The van der Waals surface area contributed by atoms with Crippen LogP contribution < -0.4 is 14.8 Å². The number of likely N-dealkylation sites (N-methyl/N-ethyl adjacent to an activating group) is 1. The van der Waals surface area contributed by atoms with E-state index in [1.54, 1.807) is 0 Å². The number of hydrogen-bond acceptors (Lipinski definition) is 3. The highest BCUT2D eigenvalue weighted by molar-refractivity contribution is 5.85. The fraction of sp³-hybridized carbons (Fsp3) is 0.500. The zero-order chi connectivity index (χ0) is 10.7.